The Balaban J connectivity index is 1.79. The van der Waals surface area contributed by atoms with E-state index in [9.17, 15) is 14.7 Å². The molecule has 1 fully saturated rings. The van der Waals surface area contributed by atoms with Crippen molar-refractivity contribution in [2.45, 2.75) is 38.1 Å². The number of nitrogens with zero attached hydrogens (tertiary/aromatic N) is 1. The molecule has 23 heavy (non-hydrogen) atoms. The summed E-state index contributed by atoms with van der Waals surface area (Å²) in [5, 5.41) is 9.42. The molecular weight excluding hydrogens is 362 g/mol. The molecule has 3 rings (SSSR count). The predicted molar refractivity (Wildman–Crippen MR) is 88.3 cm³/mol. The Morgan fingerprint density at radius 1 is 1.43 bits per heavy atom. The molecule has 1 atom stereocenters. The molecule has 5 nitrogen and oxygen atoms in total. The van der Waals surface area contributed by atoms with Gasteiger partial charge in [-0.1, -0.05) is 22.4 Å². The normalized spacial score (nSPS) is 21.6. The third kappa shape index (κ3) is 2.96. The van der Waals surface area contributed by atoms with E-state index in [1.807, 2.05) is 18.2 Å². The second-order valence-electron chi connectivity index (χ2n) is 6.46. The topological polar surface area (TPSA) is 66.8 Å². The number of hydrogen-bond acceptors (Lipinski definition) is 3. The maximum Gasteiger partial charge on any atom is 0.310 e. The molecule has 124 valence electrons. The Bertz CT molecular complexity index is 641. The number of rotatable bonds is 4. The molecule has 1 amide bonds. The summed E-state index contributed by atoms with van der Waals surface area (Å²) in [5.41, 5.74) is 0.121. The molecule has 1 aromatic carbocycles. The van der Waals surface area contributed by atoms with E-state index in [4.69, 9.17) is 4.74 Å². The summed E-state index contributed by atoms with van der Waals surface area (Å²) in [5.74, 6) is -0.161. The minimum Gasteiger partial charge on any atom is -0.493 e. The monoisotopic (exact) mass is 381 g/mol. The van der Waals surface area contributed by atoms with Crippen LogP contribution >= 0.6 is 15.9 Å². The lowest BCUT2D eigenvalue weighted by Crippen LogP contribution is -2.44. The molecule has 1 N–H and O–H groups in total. The number of ether oxygens (including phenoxy) is 1. The van der Waals surface area contributed by atoms with Gasteiger partial charge in [0, 0.05) is 29.9 Å². The molecule has 1 aliphatic heterocycles. The van der Waals surface area contributed by atoms with Crippen LogP contribution < -0.4 is 4.74 Å². The van der Waals surface area contributed by atoms with E-state index >= 15 is 0 Å². The summed E-state index contributed by atoms with van der Waals surface area (Å²) in [6, 6.07) is 5.71. The van der Waals surface area contributed by atoms with Crippen molar-refractivity contribution in [1.29, 1.82) is 0 Å². The number of amides is 1. The molecule has 0 spiro atoms. The van der Waals surface area contributed by atoms with Crippen LogP contribution in [0.2, 0.25) is 0 Å². The number of carbonyl (C=O) groups excluding carboxylic acids is 1. The van der Waals surface area contributed by atoms with Crippen LogP contribution in [-0.2, 0) is 9.59 Å². The van der Waals surface area contributed by atoms with Crippen molar-refractivity contribution < 1.29 is 19.4 Å². The van der Waals surface area contributed by atoms with Crippen LogP contribution in [-0.4, -0.2) is 35.5 Å². The zero-order valence-electron chi connectivity index (χ0n) is 13.0. The lowest BCUT2D eigenvalue weighted by molar-refractivity contribution is -0.159. The van der Waals surface area contributed by atoms with E-state index < -0.39 is 11.4 Å². The van der Waals surface area contributed by atoms with Gasteiger partial charge in [0.15, 0.2) is 0 Å². The number of hydrogen-bond donors (Lipinski definition) is 1. The van der Waals surface area contributed by atoms with Crippen LogP contribution in [0, 0.1) is 5.41 Å². The highest BCUT2D eigenvalue weighted by atomic mass is 79.9. The average Bonchev–Trinajstić information content (AvgIpc) is 2.48. The van der Waals surface area contributed by atoms with Crippen LogP contribution in [0.4, 0.5) is 0 Å². The predicted octanol–water partition coefficient (Wildman–Crippen LogP) is 3.38. The van der Waals surface area contributed by atoms with Crippen LogP contribution in [0.25, 0.3) is 0 Å². The first-order chi connectivity index (χ1) is 10.9. The second-order valence-corrected chi connectivity index (χ2v) is 7.37. The van der Waals surface area contributed by atoms with Gasteiger partial charge in [-0.05, 0) is 31.0 Å². The van der Waals surface area contributed by atoms with Gasteiger partial charge in [-0.3, -0.25) is 9.59 Å². The number of carboxylic acids is 1. The standard InChI is InChI=1S/C17H20BrNO4/c1-19(15(20)10-17(16(21)22)6-2-7-17)13-5-8-23-14-4-3-11(18)9-12(13)14/h3-4,9,13H,2,5-8,10H2,1H3,(H,21,22). The first-order valence-corrected chi connectivity index (χ1v) is 8.63. The van der Waals surface area contributed by atoms with Gasteiger partial charge in [-0.15, -0.1) is 0 Å². The van der Waals surface area contributed by atoms with Crippen LogP contribution in [0.5, 0.6) is 5.75 Å². The SMILES string of the molecule is CN(C(=O)CC1(C(=O)O)CCC1)C1CCOc2ccc(Br)cc21. The van der Waals surface area contributed by atoms with Gasteiger partial charge in [0.25, 0.3) is 0 Å². The van der Waals surface area contributed by atoms with Crippen molar-refractivity contribution in [1.82, 2.24) is 4.90 Å². The van der Waals surface area contributed by atoms with Gasteiger partial charge < -0.3 is 14.7 Å². The van der Waals surface area contributed by atoms with E-state index in [-0.39, 0.29) is 18.4 Å². The zero-order valence-corrected chi connectivity index (χ0v) is 14.6. The lowest BCUT2D eigenvalue weighted by Gasteiger charge is -2.40. The van der Waals surface area contributed by atoms with Gasteiger partial charge in [0.05, 0.1) is 18.1 Å². The fraction of sp³-hybridized carbons (Fsp3) is 0.529. The summed E-state index contributed by atoms with van der Waals surface area (Å²) in [7, 11) is 1.76. The lowest BCUT2D eigenvalue weighted by atomic mass is 9.66. The van der Waals surface area contributed by atoms with Gasteiger partial charge in [-0.2, -0.15) is 0 Å². The molecule has 1 heterocycles. The first-order valence-electron chi connectivity index (χ1n) is 7.84. The summed E-state index contributed by atoms with van der Waals surface area (Å²) in [6.07, 6.45) is 2.87. The van der Waals surface area contributed by atoms with Crippen molar-refractivity contribution in [3.8, 4) is 5.75 Å². The number of carboxylic acid groups (broad SMARTS) is 1. The van der Waals surface area contributed by atoms with Crippen molar-refractivity contribution in [3.05, 3.63) is 28.2 Å². The van der Waals surface area contributed by atoms with E-state index in [0.717, 1.165) is 22.2 Å². The Morgan fingerprint density at radius 3 is 2.78 bits per heavy atom. The summed E-state index contributed by atoms with van der Waals surface area (Å²) in [6.45, 7) is 0.557. The van der Waals surface area contributed by atoms with E-state index in [1.165, 1.54) is 0 Å². The Morgan fingerprint density at radius 2 is 2.17 bits per heavy atom. The number of fused-ring (bicyclic) bond motifs is 1. The van der Waals surface area contributed by atoms with E-state index in [2.05, 4.69) is 15.9 Å². The molecule has 0 saturated heterocycles. The Labute approximate surface area is 143 Å². The largest absolute Gasteiger partial charge is 0.493 e. The highest BCUT2D eigenvalue weighted by molar-refractivity contribution is 9.10. The fourth-order valence-electron chi connectivity index (χ4n) is 3.41. The van der Waals surface area contributed by atoms with Crippen LogP contribution in [0.1, 0.15) is 43.7 Å². The van der Waals surface area contributed by atoms with E-state index in [1.54, 1.807) is 11.9 Å². The van der Waals surface area contributed by atoms with Gasteiger partial charge >= 0.3 is 5.97 Å². The fourth-order valence-corrected chi connectivity index (χ4v) is 3.79. The van der Waals surface area contributed by atoms with E-state index in [0.29, 0.717) is 25.9 Å². The number of carbonyl (C=O) groups is 2. The summed E-state index contributed by atoms with van der Waals surface area (Å²) in [4.78, 5) is 25.8. The third-order valence-electron chi connectivity index (χ3n) is 5.09. The summed E-state index contributed by atoms with van der Waals surface area (Å²) >= 11 is 3.46. The molecule has 1 aromatic rings. The van der Waals surface area contributed by atoms with Crippen molar-refractivity contribution in [2.24, 2.45) is 5.41 Å². The molecule has 0 bridgehead atoms. The highest BCUT2D eigenvalue weighted by Crippen LogP contribution is 2.45. The zero-order chi connectivity index (χ0) is 16.6. The minimum atomic E-state index is -0.851. The maximum atomic E-state index is 12.7. The Kier molecular flexibility index (Phi) is 4.36. The quantitative estimate of drug-likeness (QED) is 0.867. The minimum absolute atomic E-state index is 0.0744. The van der Waals surface area contributed by atoms with Crippen LogP contribution in [0.3, 0.4) is 0 Å². The number of halogens is 1. The number of aliphatic carboxylic acids is 1. The molecule has 2 aliphatic rings. The molecular formula is C17H20BrNO4. The Hall–Kier alpha value is -1.56. The second kappa shape index (κ2) is 6.15. The van der Waals surface area contributed by atoms with Crippen molar-refractivity contribution >= 4 is 27.8 Å². The molecule has 0 aromatic heterocycles. The maximum absolute atomic E-state index is 12.7. The van der Waals surface area contributed by atoms with Crippen molar-refractivity contribution in [2.75, 3.05) is 13.7 Å². The van der Waals surface area contributed by atoms with Gasteiger partial charge in [0.1, 0.15) is 5.75 Å². The molecule has 1 saturated carbocycles. The first kappa shape index (κ1) is 16.3. The van der Waals surface area contributed by atoms with Gasteiger partial charge in [0.2, 0.25) is 5.91 Å². The van der Waals surface area contributed by atoms with Gasteiger partial charge in [-0.25, -0.2) is 0 Å². The highest BCUT2D eigenvalue weighted by Gasteiger charge is 2.47. The molecule has 0 radical (unpaired) electrons. The van der Waals surface area contributed by atoms with Crippen molar-refractivity contribution in [3.63, 3.8) is 0 Å². The molecule has 1 unspecified atom stereocenters. The smallest absolute Gasteiger partial charge is 0.310 e. The summed E-state index contributed by atoms with van der Waals surface area (Å²) < 4.78 is 6.60. The molecule has 6 heteroatoms. The van der Waals surface area contributed by atoms with Crippen LogP contribution in [0.15, 0.2) is 22.7 Å². The number of benzene rings is 1. The third-order valence-corrected chi connectivity index (χ3v) is 5.59. The molecule has 1 aliphatic carbocycles. The average molecular weight is 382 g/mol.